The van der Waals surface area contributed by atoms with Gasteiger partial charge >= 0.3 is 0 Å². The van der Waals surface area contributed by atoms with Gasteiger partial charge in [-0.2, -0.15) is 0 Å². The zero-order valence-electron chi connectivity index (χ0n) is 13.3. The number of carbonyl (C=O) groups is 1. The van der Waals surface area contributed by atoms with E-state index in [0.717, 1.165) is 11.1 Å². The molecule has 0 spiro atoms. The van der Waals surface area contributed by atoms with Crippen molar-refractivity contribution in [1.82, 2.24) is 5.32 Å². The fraction of sp³-hybridized carbons (Fsp3) is 0.278. The Kier molecular flexibility index (Phi) is 7.20. The Morgan fingerprint density at radius 2 is 1.78 bits per heavy atom. The van der Waals surface area contributed by atoms with Gasteiger partial charge in [0.15, 0.2) is 0 Å². The molecule has 3 nitrogen and oxygen atoms in total. The summed E-state index contributed by atoms with van der Waals surface area (Å²) in [7, 11) is 0. The first kappa shape index (κ1) is 19.1. The maximum absolute atomic E-state index is 13.6. The van der Waals surface area contributed by atoms with Crippen LogP contribution in [0.3, 0.4) is 0 Å². The van der Waals surface area contributed by atoms with Gasteiger partial charge in [0.25, 0.3) is 0 Å². The van der Waals surface area contributed by atoms with E-state index in [-0.39, 0.29) is 30.2 Å². The lowest BCUT2D eigenvalue weighted by Crippen LogP contribution is -2.40. The third-order valence-electron chi connectivity index (χ3n) is 3.59. The Hall–Kier alpha value is -1.91. The van der Waals surface area contributed by atoms with Gasteiger partial charge < -0.3 is 11.1 Å². The Morgan fingerprint density at radius 1 is 1.17 bits per heavy atom. The number of halogens is 2. The van der Waals surface area contributed by atoms with Gasteiger partial charge in [-0.25, -0.2) is 4.39 Å². The van der Waals surface area contributed by atoms with Crippen molar-refractivity contribution in [2.45, 2.75) is 32.4 Å². The van der Waals surface area contributed by atoms with E-state index in [1.807, 2.05) is 38.1 Å². The molecule has 0 bridgehead atoms. The maximum Gasteiger partial charge on any atom is 0.241 e. The van der Waals surface area contributed by atoms with Crippen molar-refractivity contribution in [3.05, 3.63) is 71.0 Å². The second kappa shape index (κ2) is 8.65. The lowest BCUT2D eigenvalue weighted by atomic mass is 10.0. The first-order valence-corrected chi connectivity index (χ1v) is 7.33. The second-order valence-corrected chi connectivity index (χ2v) is 5.59. The number of nitrogens with one attached hydrogen (secondary N) is 1. The number of amides is 1. The number of nitrogens with two attached hydrogens (primary N) is 1. The standard InChI is InChI=1S/C18H21FN2O.ClH/c1-12-7-9-14(10-8-12)17(20)18(22)21-13(2)11-15-5-3-4-6-16(15)19;/h3-10,13,17H,11,20H2,1-2H3,(H,21,22);1H. The fourth-order valence-corrected chi connectivity index (χ4v) is 2.30. The van der Waals surface area contributed by atoms with E-state index >= 15 is 0 Å². The second-order valence-electron chi connectivity index (χ2n) is 5.59. The molecule has 1 amide bonds. The largest absolute Gasteiger partial charge is 0.352 e. The van der Waals surface area contributed by atoms with Crippen molar-refractivity contribution in [3.8, 4) is 0 Å². The maximum atomic E-state index is 13.6. The third kappa shape index (κ3) is 5.34. The summed E-state index contributed by atoms with van der Waals surface area (Å²) in [6.45, 7) is 3.82. The van der Waals surface area contributed by atoms with Crippen LogP contribution in [0.2, 0.25) is 0 Å². The summed E-state index contributed by atoms with van der Waals surface area (Å²) in [6.07, 6.45) is 0.430. The molecule has 124 valence electrons. The highest BCUT2D eigenvalue weighted by Gasteiger charge is 2.18. The predicted octanol–water partition coefficient (Wildman–Crippen LogP) is 3.30. The van der Waals surface area contributed by atoms with E-state index in [1.54, 1.807) is 18.2 Å². The minimum absolute atomic E-state index is 0. The van der Waals surface area contributed by atoms with Crippen molar-refractivity contribution in [1.29, 1.82) is 0 Å². The number of hydrogen-bond donors (Lipinski definition) is 2. The van der Waals surface area contributed by atoms with E-state index in [1.165, 1.54) is 6.07 Å². The highest BCUT2D eigenvalue weighted by molar-refractivity contribution is 5.85. The molecule has 2 unspecified atom stereocenters. The minimum Gasteiger partial charge on any atom is -0.352 e. The summed E-state index contributed by atoms with van der Waals surface area (Å²) in [5, 5.41) is 2.84. The third-order valence-corrected chi connectivity index (χ3v) is 3.59. The Bertz CT molecular complexity index is 646. The van der Waals surface area contributed by atoms with Crippen LogP contribution in [-0.4, -0.2) is 11.9 Å². The molecule has 0 heterocycles. The lowest BCUT2D eigenvalue weighted by molar-refractivity contribution is -0.123. The van der Waals surface area contributed by atoms with Crippen LogP contribution >= 0.6 is 12.4 Å². The SMILES string of the molecule is Cc1ccc(C(N)C(=O)NC(C)Cc2ccccc2F)cc1.Cl. The molecule has 0 aliphatic rings. The van der Waals surface area contributed by atoms with Gasteiger partial charge in [0.1, 0.15) is 11.9 Å². The normalized spacial score (nSPS) is 12.9. The molecule has 0 aliphatic heterocycles. The van der Waals surface area contributed by atoms with Crippen LogP contribution in [0.4, 0.5) is 4.39 Å². The number of rotatable bonds is 5. The molecule has 0 radical (unpaired) electrons. The van der Waals surface area contributed by atoms with E-state index in [2.05, 4.69) is 5.32 Å². The van der Waals surface area contributed by atoms with E-state index in [9.17, 15) is 9.18 Å². The predicted molar refractivity (Wildman–Crippen MR) is 93.1 cm³/mol. The van der Waals surface area contributed by atoms with Crippen molar-refractivity contribution in [2.24, 2.45) is 5.73 Å². The Morgan fingerprint density at radius 3 is 2.39 bits per heavy atom. The first-order valence-electron chi connectivity index (χ1n) is 7.33. The zero-order chi connectivity index (χ0) is 16.1. The number of benzene rings is 2. The fourth-order valence-electron chi connectivity index (χ4n) is 2.30. The highest BCUT2D eigenvalue weighted by Crippen LogP contribution is 2.13. The van der Waals surface area contributed by atoms with Crippen LogP contribution in [0.1, 0.15) is 29.7 Å². The van der Waals surface area contributed by atoms with Crippen LogP contribution in [-0.2, 0) is 11.2 Å². The molecule has 3 N–H and O–H groups in total. The number of hydrogen-bond acceptors (Lipinski definition) is 2. The lowest BCUT2D eigenvalue weighted by Gasteiger charge is -2.18. The molecule has 0 saturated heterocycles. The summed E-state index contributed by atoms with van der Waals surface area (Å²) in [4.78, 5) is 12.2. The van der Waals surface area contributed by atoms with Crippen LogP contribution in [0.25, 0.3) is 0 Å². The van der Waals surface area contributed by atoms with E-state index in [4.69, 9.17) is 5.73 Å². The molecule has 0 aromatic heterocycles. The molecule has 0 saturated carbocycles. The molecule has 0 aliphatic carbocycles. The summed E-state index contributed by atoms with van der Waals surface area (Å²) in [5.41, 5.74) is 8.44. The van der Waals surface area contributed by atoms with E-state index in [0.29, 0.717) is 12.0 Å². The molecule has 5 heteroatoms. The number of carbonyl (C=O) groups excluding carboxylic acids is 1. The summed E-state index contributed by atoms with van der Waals surface area (Å²) in [5.74, 6) is -0.515. The Labute approximate surface area is 142 Å². The summed E-state index contributed by atoms with van der Waals surface area (Å²) >= 11 is 0. The van der Waals surface area contributed by atoms with Gasteiger partial charge in [-0.3, -0.25) is 4.79 Å². The van der Waals surface area contributed by atoms with E-state index < -0.39 is 6.04 Å². The van der Waals surface area contributed by atoms with Gasteiger partial charge in [0, 0.05) is 6.04 Å². The number of aryl methyl sites for hydroxylation is 1. The quantitative estimate of drug-likeness (QED) is 0.880. The average Bonchev–Trinajstić information content (AvgIpc) is 2.49. The van der Waals surface area contributed by atoms with Crippen molar-refractivity contribution >= 4 is 18.3 Å². The molecule has 2 rings (SSSR count). The summed E-state index contributed by atoms with van der Waals surface area (Å²) in [6, 6.07) is 13.2. The summed E-state index contributed by atoms with van der Waals surface area (Å²) < 4.78 is 13.6. The molecular weight excluding hydrogens is 315 g/mol. The van der Waals surface area contributed by atoms with Crippen LogP contribution in [0.15, 0.2) is 48.5 Å². The minimum atomic E-state index is -0.719. The smallest absolute Gasteiger partial charge is 0.241 e. The monoisotopic (exact) mass is 336 g/mol. The van der Waals surface area contributed by atoms with Gasteiger partial charge in [-0.1, -0.05) is 48.0 Å². The molecular formula is C18H22ClFN2O. The zero-order valence-corrected chi connectivity index (χ0v) is 14.1. The highest BCUT2D eigenvalue weighted by atomic mass is 35.5. The van der Waals surface area contributed by atoms with Gasteiger partial charge in [-0.05, 0) is 37.5 Å². The topological polar surface area (TPSA) is 55.1 Å². The van der Waals surface area contributed by atoms with Crippen molar-refractivity contribution < 1.29 is 9.18 Å². The molecule has 0 fully saturated rings. The van der Waals surface area contributed by atoms with Crippen LogP contribution in [0.5, 0.6) is 0 Å². The average molecular weight is 337 g/mol. The van der Waals surface area contributed by atoms with Gasteiger partial charge in [0.2, 0.25) is 5.91 Å². The van der Waals surface area contributed by atoms with Crippen molar-refractivity contribution in [2.75, 3.05) is 0 Å². The van der Waals surface area contributed by atoms with Gasteiger partial charge in [0.05, 0.1) is 0 Å². The van der Waals surface area contributed by atoms with Crippen LogP contribution < -0.4 is 11.1 Å². The molecule has 23 heavy (non-hydrogen) atoms. The molecule has 2 aromatic carbocycles. The van der Waals surface area contributed by atoms with Crippen LogP contribution in [0, 0.1) is 12.7 Å². The van der Waals surface area contributed by atoms with Crippen molar-refractivity contribution in [3.63, 3.8) is 0 Å². The molecule has 2 aromatic rings. The molecule has 2 atom stereocenters. The Balaban J connectivity index is 0.00000264. The first-order chi connectivity index (χ1) is 10.5. The van der Waals surface area contributed by atoms with Gasteiger partial charge in [-0.15, -0.1) is 12.4 Å².